The summed E-state index contributed by atoms with van der Waals surface area (Å²) < 4.78 is 29.0. The van der Waals surface area contributed by atoms with E-state index >= 15 is 0 Å². The van der Waals surface area contributed by atoms with Crippen LogP contribution in [0.1, 0.15) is 32.1 Å². The molecule has 0 saturated heterocycles. The average molecular weight is 240 g/mol. The van der Waals surface area contributed by atoms with Crippen molar-refractivity contribution in [3.63, 3.8) is 0 Å². The molecule has 1 aromatic carbocycles. The summed E-state index contributed by atoms with van der Waals surface area (Å²) in [5, 5.41) is 0. The lowest BCUT2D eigenvalue weighted by atomic mass is 9.98. The molecule has 2 rings (SSSR count). The second kappa shape index (κ2) is 4.97. The lowest BCUT2D eigenvalue weighted by Gasteiger charge is -2.21. The fourth-order valence-electron chi connectivity index (χ4n) is 1.98. The highest BCUT2D eigenvalue weighted by Crippen LogP contribution is 2.24. The minimum absolute atomic E-state index is 0.126. The Morgan fingerprint density at radius 1 is 1.00 bits per heavy atom. The third-order valence-corrected chi connectivity index (χ3v) is 4.22. The predicted molar refractivity (Wildman–Crippen MR) is 61.6 cm³/mol. The van der Waals surface area contributed by atoms with E-state index in [1.165, 1.54) is 6.42 Å². The quantitative estimate of drug-likeness (QED) is 0.763. The monoisotopic (exact) mass is 240 g/mol. The first-order valence-electron chi connectivity index (χ1n) is 5.67. The Hall–Kier alpha value is -0.870. The molecule has 16 heavy (non-hydrogen) atoms. The lowest BCUT2D eigenvalue weighted by molar-refractivity contribution is 0.162. The molecule has 0 amide bonds. The van der Waals surface area contributed by atoms with E-state index in [9.17, 15) is 8.42 Å². The smallest absolute Gasteiger partial charge is 0.263 e. The van der Waals surface area contributed by atoms with E-state index in [0.717, 1.165) is 25.7 Å². The number of rotatable bonds is 3. The zero-order valence-corrected chi connectivity index (χ0v) is 9.95. The summed E-state index contributed by atoms with van der Waals surface area (Å²) in [4.78, 5) is 0.251. The van der Waals surface area contributed by atoms with Crippen molar-refractivity contribution >= 4 is 10.1 Å². The van der Waals surface area contributed by atoms with Gasteiger partial charge in [0, 0.05) is 0 Å². The highest BCUT2D eigenvalue weighted by Gasteiger charge is 2.22. The van der Waals surface area contributed by atoms with Crippen molar-refractivity contribution < 1.29 is 12.6 Å². The van der Waals surface area contributed by atoms with Gasteiger partial charge in [0.2, 0.25) is 0 Å². The van der Waals surface area contributed by atoms with Gasteiger partial charge >= 0.3 is 0 Å². The highest BCUT2D eigenvalue weighted by molar-refractivity contribution is 7.86. The van der Waals surface area contributed by atoms with E-state index in [4.69, 9.17) is 4.18 Å². The van der Waals surface area contributed by atoms with Crippen molar-refractivity contribution in [2.24, 2.45) is 0 Å². The standard InChI is InChI=1S/C12H16O3S/c13-16(14,12-9-5-2-6-10-12)15-11-7-3-1-4-8-11/h2,5-6,9-11H,1,3-4,7-8H2. The third-order valence-electron chi connectivity index (χ3n) is 2.85. The van der Waals surface area contributed by atoms with Gasteiger partial charge in [0.1, 0.15) is 0 Å². The lowest BCUT2D eigenvalue weighted by Crippen LogP contribution is -2.21. The van der Waals surface area contributed by atoms with Gasteiger partial charge in [-0.2, -0.15) is 8.42 Å². The van der Waals surface area contributed by atoms with Gasteiger partial charge in [-0.05, 0) is 25.0 Å². The summed E-state index contributed by atoms with van der Waals surface area (Å²) in [5.41, 5.74) is 0. The molecule has 1 aromatic rings. The van der Waals surface area contributed by atoms with E-state index in [0.29, 0.717) is 0 Å². The normalized spacial score (nSPS) is 18.5. The van der Waals surface area contributed by atoms with Gasteiger partial charge in [-0.3, -0.25) is 4.18 Å². The molecule has 0 N–H and O–H groups in total. The van der Waals surface area contributed by atoms with Gasteiger partial charge in [0.05, 0.1) is 11.0 Å². The first-order valence-corrected chi connectivity index (χ1v) is 7.08. The summed E-state index contributed by atoms with van der Waals surface area (Å²) in [6, 6.07) is 8.34. The molecule has 1 saturated carbocycles. The minimum atomic E-state index is -3.56. The predicted octanol–water partition coefficient (Wildman–Crippen LogP) is 2.72. The maximum absolute atomic E-state index is 11.9. The van der Waals surface area contributed by atoms with Crippen molar-refractivity contribution in [1.82, 2.24) is 0 Å². The van der Waals surface area contributed by atoms with Crippen molar-refractivity contribution in [1.29, 1.82) is 0 Å². The SMILES string of the molecule is O=S(=O)(OC1CCCCC1)c1ccccc1. The van der Waals surface area contributed by atoms with Crippen molar-refractivity contribution in [2.75, 3.05) is 0 Å². The fourth-order valence-corrected chi connectivity index (χ4v) is 3.14. The van der Waals surface area contributed by atoms with Crippen LogP contribution in [0.25, 0.3) is 0 Å². The maximum atomic E-state index is 11.9. The summed E-state index contributed by atoms with van der Waals surface area (Å²) in [7, 11) is -3.56. The Morgan fingerprint density at radius 2 is 1.62 bits per heavy atom. The summed E-state index contributed by atoms with van der Waals surface area (Å²) in [6.07, 6.45) is 4.90. The van der Waals surface area contributed by atoms with Gasteiger partial charge in [0.25, 0.3) is 10.1 Å². The molecule has 0 radical (unpaired) electrons. The van der Waals surface area contributed by atoms with Crippen LogP contribution in [-0.4, -0.2) is 14.5 Å². The van der Waals surface area contributed by atoms with Crippen LogP contribution in [-0.2, 0) is 14.3 Å². The van der Waals surface area contributed by atoms with E-state index < -0.39 is 10.1 Å². The van der Waals surface area contributed by atoms with E-state index in [1.807, 2.05) is 0 Å². The minimum Gasteiger partial charge on any atom is -0.263 e. The Labute approximate surface area is 96.6 Å². The van der Waals surface area contributed by atoms with Crippen LogP contribution in [0.3, 0.4) is 0 Å². The van der Waals surface area contributed by atoms with Crippen LogP contribution in [0.2, 0.25) is 0 Å². The van der Waals surface area contributed by atoms with Gasteiger partial charge in [0.15, 0.2) is 0 Å². The van der Waals surface area contributed by atoms with Gasteiger partial charge < -0.3 is 0 Å². The number of benzene rings is 1. The number of hydrogen-bond acceptors (Lipinski definition) is 3. The second-order valence-corrected chi connectivity index (χ2v) is 5.70. The van der Waals surface area contributed by atoms with Gasteiger partial charge in [-0.1, -0.05) is 37.5 Å². The van der Waals surface area contributed by atoms with Gasteiger partial charge in [-0.25, -0.2) is 0 Å². The molecule has 1 fully saturated rings. The fraction of sp³-hybridized carbons (Fsp3) is 0.500. The number of hydrogen-bond donors (Lipinski definition) is 0. The Balaban J connectivity index is 2.08. The second-order valence-electron chi connectivity index (χ2n) is 4.12. The highest BCUT2D eigenvalue weighted by atomic mass is 32.2. The largest absolute Gasteiger partial charge is 0.297 e. The van der Waals surface area contributed by atoms with Crippen LogP contribution >= 0.6 is 0 Å². The molecule has 3 nitrogen and oxygen atoms in total. The molecule has 0 spiro atoms. The van der Waals surface area contributed by atoms with Crippen LogP contribution < -0.4 is 0 Å². The van der Waals surface area contributed by atoms with Crippen molar-refractivity contribution in [3.05, 3.63) is 30.3 Å². The molecule has 0 unspecified atom stereocenters. The first-order chi connectivity index (χ1) is 7.68. The molecular weight excluding hydrogens is 224 g/mol. The van der Waals surface area contributed by atoms with E-state index in [2.05, 4.69) is 0 Å². The van der Waals surface area contributed by atoms with E-state index in [1.54, 1.807) is 30.3 Å². The third kappa shape index (κ3) is 2.83. The van der Waals surface area contributed by atoms with Crippen LogP contribution in [0, 0.1) is 0 Å². The summed E-state index contributed by atoms with van der Waals surface area (Å²) in [6.45, 7) is 0. The molecule has 1 aliphatic carbocycles. The Kier molecular flexibility index (Phi) is 3.61. The van der Waals surface area contributed by atoms with Crippen LogP contribution in [0.15, 0.2) is 35.2 Å². The molecule has 0 bridgehead atoms. The van der Waals surface area contributed by atoms with Crippen molar-refractivity contribution in [3.8, 4) is 0 Å². The van der Waals surface area contributed by atoms with E-state index in [-0.39, 0.29) is 11.0 Å². The van der Waals surface area contributed by atoms with Crippen LogP contribution in [0.5, 0.6) is 0 Å². The zero-order valence-electron chi connectivity index (χ0n) is 9.13. The average Bonchev–Trinajstić information content (AvgIpc) is 2.31. The topological polar surface area (TPSA) is 43.4 Å². The molecule has 0 aromatic heterocycles. The zero-order chi connectivity index (χ0) is 11.4. The van der Waals surface area contributed by atoms with Crippen LogP contribution in [0.4, 0.5) is 0 Å². The van der Waals surface area contributed by atoms with Crippen molar-refractivity contribution in [2.45, 2.75) is 43.1 Å². The van der Waals surface area contributed by atoms with Gasteiger partial charge in [-0.15, -0.1) is 0 Å². The molecule has 0 atom stereocenters. The molecule has 0 aliphatic heterocycles. The summed E-state index contributed by atoms with van der Waals surface area (Å²) in [5.74, 6) is 0. The maximum Gasteiger partial charge on any atom is 0.297 e. The molecular formula is C12H16O3S. The summed E-state index contributed by atoms with van der Waals surface area (Å²) >= 11 is 0. The molecule has 1 aliphatic rings. The Bertz CT molecular complexity index is 419. The molecule has 4 heteroatoms. The Morgan fingerprint density at radius 3 is 2.25 bits per heavy atom. The first kappa shape index (κ1) is 11.6. The molecule has 88 valence electrons. The molecule has 0 heterocycles.